The average Bonchev–Trinajstić information content (AvgIpc) is 2.50. The number of ether oxygens (including phenoxy) is 1. The highest BCUT2D eigenvalue weighted by atomic mass is 19.1. The maximum atomic E-state index is 13.5. The van der Waals surface area contributed by atoms with Crippen molar-refractivity contribution in [3.8, 4) is 0 Å². The molecule has 24 heavy (non-hydrogen) atoms. The number of halogens is 3. The third-order valence-corrected chi connectivity index (χ3v) is 3.13. The van der Waals surface area contributed by atoms with Crippen molar-refractivity contribution in [3.05, 3.63) is 65.5 Å². The van der Waals surface area contributed by atoms with E-state index in [1.54, 1.807) is 0 Å². The Morgan fingerprint density at radius 2 is 1.71 bits per heavy atom. The first-order valence-electron chi connectivity index (χ1n) is 7.05. The van der Waals surface area contributed by atoms with E-state index in [0.29, 0.717) is 5.56 Å². The molecular formula is C17H14F3NO3. The van der Waals surface area contributed by atoms with Crippen molar-refractivity contribution >= 4 is 17.6 Å². The third-order valence-electron chi connectivity index (χ3n) is 3.13. The van der Waals surface area contributed by atoms with Gasteiger partial charge in [-0.05, 0) is 36.8 Å². The minimum absolute atomic E-state index is 0.233. The highest BCUT2D eigenvalue weighted by Gasteiger charge is 2.21. The summed E-state index contributed by atoms with van der Waals surface area (Å²) in [5, 5.41) is 2.03. The maximum Gasteiger partial charge on any atom is 0.311 e. The minimum atomic E-state index is -1.27. The molecule has 1 atom stereocenters. The molecule has 2 aromatic carbocycles. The lowest BCUT2D eigenvalue weighted by molar-refractivity contribution is -0.152. The molecule has 0 aromatic heterocycles. The van der Waals surface area contributed by atoms with Gasteiger partial charge in [-0.2, -0.15) is 0 Å². The topological polar surface area (TPSA) is 55.4 Å². The van der Waals surface area contributed by atoms with E-state index in [9.17, 15) is 22.8 Å². The van der Waals surface area contributed by atoms with Gasteiger partial charge in [-0.3, -0.25) is 9.59 Å². The molecule has 0 aliphatic carbocycles. The Balaban J connectivity index is 1.95. The normalized spacial score (nSPS) is 11.7. The van der Waals surface area contributed by atoms with E-state index in [1.807, 2.05) is 5.32 Å². The predicted octanol–water partition coefficient (Wildman–Crippen LogP) is 3.22. The molecule has 0 bridgehead atoms. The van der Waals surface area contributed by atoms with Crippen LogP contribution in [0.5, 0.6) is 0 Å². The zero-order valence-corrected chi connectivity index (χ0v) is 12.7. The van der Waals surface area contributed by atoms with Crippen molar-refractivity contribution in [3.63, 3.8) is 0 Å². The molecule has 2 rings (SSSR count). The van der Waals surface area contributed by atoms with E-state index < -0.39 is 41.1 Å². The molecule has 1 amide bonds. The van der Waals surface area contributed by atoms with Crippen molar-refractivity contribution in [1.29, 1.82) is 0 Å². The fourth-order valence-corrected chi connectivity index (χ4v) is 1.95. The number of para-hydroxylation sites is 1. The molecule has 0 aliphatic rings. The lowest BCUT2D eigenvalue weighted by Crippen LogP contribution is -2.31. The monoisotopic (exact) mass is 337 g/mol. The van der Waals surface area contributed by atoms with E-state index in [0.717, 1.165) is 18.2 Å². The van der Waals surface area contributed by atoms with Gasteiger partial charge in [0.15, 0.2) is 6.10 Å². The molecule has 4 nitrogen and oxygen atoms in total. The van der Waals surface area contributed by atoms with Crippen LogP contribution in [0.3, 0.4) is 0 Å². The molecule has 0 saturated heterocycles. The van der Waals surface area contributed by atoms with Crippen LogP contribution in [-0.2, 0) is 20.7 Å². The van der Waals surface area contributed by atoms with Crippen LogP contribution in [0.15, 0.2) is 42.5 Å². The van der Waals surface area contributed by atoms with Crippen LogP contribution in [0, 0.1) is 17.5 Å². The summed E-state index contributed by atoms with van der Waals surface area (Å²) in [6, 6.07) is 8.49. The van der Waals surface area contributed by atoms with Crippen LogP contribution in [0.25, 0.3) is 0 Å². The number of esters is 1. The zero-order chi connectivity index (χ0) is 17.7. The summed E-state index contributed by atoms with van der Waals surface area (Å²) in [4.78, 5) is 23.6. The number of carbonyl (C=O) groups excluding carboxylic acids is 2. The molecule has 0 aliphatic heterocycles. The number of amides is 1. The molecule has 2 aromatic rings. The Bertz CT molecular complexity index is 744. The van der Waals surface area contributed by atoms with E-state index in [4.69, 9.17) is 4.74 Å². The third kappa shape index (κ3) is 4.58. The van der Waals surface area contributed by atoms with E-state index >= 15 is 0 Å². The van der Waals surface area contributed by atoms with Crippen LogP contribution in [0.1, 0.15) is 12.5 Å². The summed E-state index contributed by atoms with van der Waals surface area (Å²) >= 11 is 0. The van der Waals surface area contributed by atoms with Gasteiger partial charge >= 0.3 is 5.97 Å². The van der Waals surface area contributed by atoms with Gasteiger partial charge in [0.05, 0.1) is 6.42 Å². The van der Waals surface area contributed by atoms with Gasteiger partial charge in [0.1, 0.15) is 23.1 Å². The van der Waals surface area contributed by atoms with Crippen LogP contribution in [0.4, 0.5) is 18.9 Å². The second-order valence-electron chi connectivity index (χ2n) is 5.02. The molecule has 0 fully saturated rings. The number of carbonyl (C=O) groups is 2. The Morgan fingerprint density at radius 1 is 1.08 bits per heavy atom. The Hall–Kier alpha value is -2.83. The second-order valence-corrected chi connectivity index (χ2v) is 5.02. The maximum absolute atomic E-state index is 13.5. The average molecular weight is 337 g/mol. The Labute approximate surface area is 136 Å². The summed E-state index contributed by atoms with van der Waals surface area (Å²) < 4.78 is 44.9. The number of anilines is 1. The lowest BCUT2D eigenvalue weighted by atomic mass is 10.1. The predicted molar refractivity (Wildman–Crippen MR) is 80.6 cm³/mol. The van der Waals surface area contributed by atoms with E-state index in [-0.39, 0.29) is 6.42 Å². The Morgan fingerprint density at radius 3 is 2.33 bits per heavy atom. The first kappa shape index (κ1) is 17.5. The first-order valence-corrected chi connectivity index (χ1v) is 7.05. The summed E-state index contributed by atoms with van der Waals surface area (Å²) in [7, 11) is 0. The van der Waals surface area contributed by atoms with Crippen LogP contribution < -0.4 is 5.32 Å². The largest absolute Gasteiger partial charge is 0.452 e. The van der Waals surface area contributed by atoms with Crippen molar-refractivity contribution in [1.82, 2.24) is 0 Å². The standard InChI is InChI=1S/C17H14F3NO3/c1-10(17(23)21-16-13(19)6-3-7-14(16)20)24-15(22)9-11-4-2-5-12(18)8-11/h2-8,10H,9H2,1H3,(H,21,23)/t10-/m1/s1. The van der Waals surface area contributed by atoms with Gasteiger partial charge in [-0.15, -0.1) is 0 Å². The molecule has 126 valence electrons. The molecule has 7 heteroatoms. The Kier molecular flexibility index (Phi) is 5.57. The van der Waals surface area contributed by atoms with E-state index in [2.05, 4.69) is 0 Å². The first-order chi connectivity index (χ1) is 11.4. The lowest BCUT2D eigenvalue weighted by Gasteiger charge is -2.14. The number of nitrogens with one attached hydrogen (secondary N) is 1. The zero-order valence-electron chi connectivity index (χ0n) is 12.7. The van der Waals surface area contributed by atoms with Gasteiger partial charge in [-0.1, -0.05) is 18.2 Å². The van der Waals surface area contributed by atoms with Gasteiger partial charge < -0.3 is 10.1 Å². The fraction of sp³-hybridized carbons (Fsp3) is 0.176. The summed E-state index contributed by atoms with van der Waals surface area (Å²) in [5.74, 6) is -4.03. The molecule has 0 radical (unpaired) electrons. The molecule has 0 saturated carbocycles. The van der Waals surface area contributed by atoms with Crippen LogP contribution in [-0.4, -0.2) is 18.0 Å². The smallest absolute Gasteiger partial charge is 0.311 e. The van der Waals surface area contributed by atoms with Crippen molar-refractivity contribution in [2.24, 2.45) is 0 Å². The van der Waals surface area contributed by atoms with Crippen molar-refractivity contribution in [2.75, 3.05) is 5.32 Å². The molecule has 0 spiro atoms. The fourth-order valence-electron chi connectivity index (χ4n) is 1.95. The molecule has 0 unspecified atom stereocenters. The van der Waals surface area contributed by atoms with Gasteiger partial charge in [0.2, 0.25) is 0 Å². The quantitative estimate of drug-likeness (QED) is 0.853. The highest BCUT2D eigenvalue weighted by Crippen LogP contribution is 2.18. The van der Waals surface area contributed by atoms with E-state index in [1.165, 1.54) is 31.2 Å². The number of benzene rings is 2. The SMILES string of the molecule is C[C@@H](OC(=O)Cc1cccc(F)c1)C(=O)Nc1c(F)cccc1F. The molecular weight excluding hydrogens is 323 g/mol. The van der Waals surface area contributed by atoms with Crippen molar-refractivity contribution in [2.45, 2.75) is 19.4 Å². The second kappa shape index (κ2) is 7.63. The minimum Gasteiger partial charge on any atom is -0.452 e. The molecule has 1 N–H and O–H groups in total. The van der Waals surface area contributed by atoms with Crippen molar-refractivity contribution < 1.29 is 27.5 Å². The number of hydrogen-bond donors (Lipinski definition) is 1. The van der Waals surface area contributed by atoms with Gasteiger partial charge in [0, 0.05) is 0 Å². The van der Waals surface area contributed by atoms with Gasteiger partial charge in [-0.25, -0.2) is 13.2 Å². The number of rotatable bonds is 5. The van der Waals surface area contributed by atoms with Crippen LogP contribution in [0.2, 0.25) is 0 Å². The number of hydrogen-bond acceptors (Lipinski definition) is 3. The highest BCUT2D eigenvalue weighted by molar-refractivity contribution is 5.95. The molecule has 0 heterocycles. The van der Waals surface area contributed by atoms with Crippen LogP contribution >= 0.6 is 0 Å². The summed E-state index contributed by atoms with van der Waals surface area (Å²) in [5.41, 5.74) is -0.233. The summed E-state index contributed by atoms with van der Waals surface area (Å²) in [6.45, 7) is 1.26. The van der Waals surface area contributed by atoms with Gasteiger partial charge in [0.25, 0.3) is 5.91 Å². The summed E-state index contributed by atoms with van der Waals surface area (Å²) in [6.07, 6.45) is -1.51.